The zero-order valence-electron chi connectivity index (χ0n) is 13.0. The maximum atomic E-state index is 4.71. The molecule has 0 bridgehead atoms. The lowest BCUT2D eigenvalue weighted by molar-refractivity contribution is 0.295. The van der Waals surface area contributed by atoms with Crippen LogP contribution in [-0.4, -0.2) is 24.1 Å². The smallest absolute Gasteiger partial charge is 0.133 e. The summed E-state index contributed by atoms with van der Waals surface area (Å²) >= 11 is 3.54. The number of aromatic nitrogens is 1. The second-order valence-corrected chi connectivity index (χ2v) is 7.04. The molecule has 3 unspecified atom stereocenters. The van der Waals surface area contributed by atoms with E-state index in [1.54, 1.807) is 0 Å². The van der Waals surface area contributed by atoms with Gasteiger partial charge in [0.15, 0.2) is 0 Å². The van der Waals surface area contributed by atoms with Gasteiger partial charge in [0.25, 0.3) is 0 Å². The molecule has 20 heavy (non-hydrogen) atoms. The lowest BCUT2D eigenvalue weighted by atomic mass is 9.86. The highest BCUT2D eigenvalue weighted by atomic mass is 79.9. The summed E-state index contributed by atoms with van der Waals surface area (Å²) in [7, 11) is 0. The average molecular weight is 340 g/mol. The van der Waals surface area contributed by atoms with E-state index in [0.29, 0.717) is 6.04 Å². The highest BCUT2D eigenvalue weighted by Crippen LogP contribution is 2.32. The number of hydrogen-bond acceptors (Lipinski definition) is 3. The van der Waals surface area contributed by atoms with E-state index < -0.39 is 0 Å². The molecule has 3 nitrogen and oxygen atoms in total. The first-order valence-electron chi connectivity index (χ1n) is 7.64. The predicted molar refractivity (Wildman–Crippen MR) is 89.1 cm³/mol. The van der Waals surface area contributed by atoms with Crippen LogP contribution in [0.4, 0.5) is 5.82 Å². The molecule has 4 heteroatoms. The Bertz CT molecular complexity index is 449. The molecule has 3 atom stereocenters. The molecule has 1 saturated heterocycles. The van der Waals surface area contributed by atoms with Gasteiger partial charge in [0.2, 0.25) is 0 Å². The molecule has 1 fully saturated rings. The van der Waals surface area contributed by atoms with Crippen molar-refractivity contribution in [2.45, 2.75) is 46.7 Å². The molecule has 1 aromatic heterocycles. The first kappa shape index (κ1) is 15.8. The molecule has 0 radical (unpaired) electrons. The maximum absolute atomic E-state index is 4.71. The number of rotatable bonds is 4. The van der Waals surface area contributed by atoms with Gasteiger partial charge >= 0.3 is 0 Å². The van der Waals surface area contributed by atoms with Gasteiger partial charge in [-0.1, -0.05) is 20.8 Å². The van der Waals surface area contributed by atoms with E-state index in [1.807, 2.05) is 6.20 Å². The van der Waals surface area contributed by atoms with Crippen LogP contribution in [0, 0.1) is 11.8 Å². The van der Waals surface area contributed by atoms with Gasteiger partial charge in [-0.15, -0.1) is 0 Å². The maximum Gasteiger partial charge on any atom is 0.133 e. The quantitative estimate of drug-likeness (QED) is 0.903. The van der Waals surface area contributed by atoms with Crippen molar-refractivity contribution in [3.05, 3.63) is 22.3 Å². The lowest BCUT2D eigenvalue weighted by Crippen LogP contribution is -2.46. The summed E-state index contributed by atoms with van der Waals surface area (Å²) in [5, 5.41) is 3.42. The van der Waals surface area contributed by atoms with E-state index in [9.17, 15) is 0 Å². The van der Waals surface area contributed by atoms with Crippen LogP contribution in [0.15, 0.2) is 16.7 Å². The van der Waals surface area contributed by atoms with Crippen molar-refractivity contribution in [3.63, 3.8) is 0 Å². The molecule has 0 aromatic carbocycles. The van der Waals surface area contributed by atoms with E-state index in [2.05, 4.69) is 59.9 Å². The summed E-state index contributed by atoms with van der Waals surface area (Å²) in [6, 6.07) is 2.75. The summed E-state index contributed by atoms with van der Waals surface area (Å²) in [5.74, 6) is 2.61. The van der Waals surface area contributed by atoms with Gasteiger partial charge in [0.05, 0.1) is 0 Å². The van der Waals surface area contributed by atoms with Gasteiger partial charge in [-0.05, 0) is 53.7 Å². The van der Waals surface area contributed by atoms with Crippen LogP contribution in [0.3, 0.4) is 0 Å². The second kappa shape index (κ2) is 6.90. The molecule has 1 aliphatic rings. The fraction of sp³-hybridized carbons (Fsp3) is 0.688. The fourth-order valence-electron chi connectivity index (χ4n) is 3.12. The minimum absolute atomic E-state index is 0.556. The second-order valence-electron chi connectivity index (χ2n) is 6.13. The Hall–Kier alpha value is -0.610. The van der Waals surface area contributed by atoms with Crippen molar-refractivity contribution < 1.29 is 0 Å². The van der Waals surface area contributed by atoms with Crippen molar-refractivity contribution >= 4 is 21.7 Å². The predicted octanol–water partition coefficient (Wildman–Crippen LogP) is 3.82. The van der Waals surface area contributed by atoms with Crippen LogP contribution in [-0.2, 0) is 6.54 Å². The lowest BCUT2D eigenvalue weighted by Gasteiger charge is -2.42. The highest BCUT2D eigenvalue weighted by Gasteiger charge is 2.30. The van der Waals surface area contributed by atoms with Crippen molar-refractivity contribution in [3.8, 4) is 0 Å². The fourth-order valence-corrected chi connectivity index (χ4v) is 3.50. The van der Waals surface area contributed by atoms with E-state index in [4.69, 9.17) is 4.98 Å². The molecule has 112 valence electrons. The number of piperidine rings is 1. The van der Waals surface area contributed by atoms with Gasteiger partial charge in [-0.25, -0.2) is 4.98 Å². The largest absolute Gasteiger partial charge is 0.353 e. The van der Waals surface area contributed by atoms with E-state index in [0.717, 1.165) is 41.8 Å². The SMILES string of the molecule is CCNCc1cc(Br)cnc1N1CC(C)CC(C)C1C. The number of pyridine rings is 1. The molecule has 2 heterocycles. The summed E-state index contributed by atoms with van der Waals surface area (Å²) in [4.78, 5) is 7.21. The Morgan fingerprint density at radius 1 is 1.40 bits per heavy atom. The number of anilines is 1. The van der Waals surface area contributed by atoms with Gasteiger partial charge in [0, 0.05) is 35.4 Å². The third kappa shape index (κ3) is 3.53. The van der Waals surface area contributed by atoms with Crippen molar-refractivity contribution in [1.29, 1.82) is 0 Å². The first-order chi connectivity index (χ1) is 9.52. The minimum Gasteiger partial charge on any atom is -0.353 e. The normalized spacial score (nSPS) is 26.9. The van der Waals surface area contributed by atoms with Crippen LogP contribution >= 0.6 is 15.9 Å². The topological polar surface area (TPSA) is 28.2 Å². The van der Waals surface area contributed by atoms with Crippen molar-refractivity contribution in [2.75, 3.05) is 18.0 Å². The average Bonchev–Trinajstić information content (AvgIpc) is 2.41. The Morgan fingerprint density at radius 3 is 2.85 bits per heavy atom. The highest BCUT2D eigenvalue weighted by molar-refractivity contribution is 9.10. The number of nitrogens with one attached hydrogen (secondary N) is 1. The standard InChI is InChI=1S/C16H26BrN3/c1-5-18-8-14-7-15(17)9-19-16(14)20-10-11(2)6-12(3)13(20)4/h7,9,11-13,18H,5-6,8,10H2,1-4H3. The molecule has 0 saturated carbocycles. The molecule has 0 aliphatic carbocycles. The van der Waals surface area contributed by atoms with Crippen molar-refractivity contribution in [2.24, 2.45) is 11.8 Å². The number of halogens is 1. The summed E-state index contributed by atoms with van der Waals surface area (Å²) < 4.78 is 1.06. The molecule has 1 aromatic rings. The van der Waals surface area contributed by atoms with Crippen molar-refractivity contribution in [1.82, 2.24) is 10.3 Å². The minimum atomic E-state index is 0.556. The summed E-state index contributed by atoms with van der Waals surface area (Å²) in [6.07, 6.45) is 3.23. The Morgan fingerprint density at radius 2 is 2.15 bits per heavy atom. The third-order valence-electron chi connectivity index (χ3n) is 4.34. The van der Waals surface area contributed by atoms with E-state index in [1.165, 1.54) is 12.0 Å². The third-order valence-corrected chi connectivity index (χ3v) is 4.78. The summed E-state index contributed by atoms with van der Waals surface area (Å²) in [5.41, 5.74) is 1.29. The van der Waals surface area contributed by atoms with Crippen LogP contribution < -0.4 is 10.2 Å². The van der Waals surface area contributed by atoms with E-state index >= 15 is 0 Å². The van der Waals surface area contributed by atoms with Gasteiger partial charge in [0.1, 0.15) is 5.82 Å². The molecular weight excluding hydrogens is 314 g/mol. The molecule has 1 N–H and O–H groups in total. The van der Waals surface area contributed by atoms with Crippen LogP contribution in [0.5, 0.6) is 0 Å². The molecular formula is C16H26BrN3. The summed E-state index contributed by atoms with van der Waals surface area (Å²) in [6.45, 7) is 12.1. The van der Waals surface area contributed by atoms with Gasteiger partial charge < -0.3 is 10.2 Å². The van der Waals surface area contributed by atoms with Gasteiger partial charge in [-0.3, -0.25) is 0 Å². The van der Waals surface area contributed by atoms with Gasteiger partial charge in [-0.2, -0.15) is 0 Å². The number of nitrogens with zero attached hydrogens (tertiary/aromatic N) is 2. The number of hydrogen-bond donors (Lipinski definition) is 1. The van der Waals surface area contributed by atoms with Crippen LogP contribution in [0.1, 0.15) is 39.7 Å². The zero-order valence-corrected chi connectivity index (χ0v) is 14.6. The first-order valence-corrected chi connectivity index (χ1v) is 8.44. The molecule has 2 rings (SSSR count). The molecule has 1 aliphatic heterocycles. The Balaban J connectivity index is 2.30. The monoisotopic (exact) mass is 339 g/mol. The van der Waals surface area contributed by atoms with Crippen LogP contribution in [0.2, 0.25) is 0 Å². The molecule has 0 amide bonds. The van der Waals surface area contributed by atoms with E-state index in [-0.39, 0.29) is 0 Å². The Kier molecular flexibility index (Phi) is 5.44. The molecule has 0 spiro atoms. The zero-order chi connectivity index (χ0) is 14.7. The van der Waals surface area contributed by atoms with Crippen LogP contribution in [0.25, 0.3) is 0 Å². The Labute approximate surface area is 131 Å².